The molecule has 0 unspecified atom stereocenters. The Morgan fingerprint density at radius 3 is 2.77 bits per heavy atom. The molecule has 0 radical (unpaired) electrons. The topological polar surface area (TPSA) is 47.4 Å². The van der Waals surface area contributed by atoms with Crippen LogP contribution in [0.5, 0.6) is 0 Å². The third-order valence-electron chi connectivity index (χ3n) is 5.40. The summed E-state index contributed by atoms with van der Waals surface area (Å²) in [6.07, 6.45) is 3.67. The third-order valence-corrected chi connectivity index (χ3v) is 5.40. The molecule has 2 aliphatic rings. The fourth-order valence-electron chi connectivity index (χ4n) is 3.93. The standard InChI is InChI=1S/C17H27N3O2/c1-4-20-14(3)15(13(2)18-20)6-9-19-11-17(7-5-16(19)21)8-10-22-12-17/h4-12H2,1-3H3/t17-/m0/s1. The lowest BCUT2D eigenvalue weighted by molar-refractivity contribution is -0.137. The molecule has 5 heteroatoms. The van der Waals surface area contributed by atoms with Crippen molar-refractivity contribution in [1.29, 1.82) is 0 Å². The van der Waals surface area contributed by atoms with E-state index in [4.69, 9.17) is 4.74 Å². The van der Waals surface area contributed by atoms with Gasteiger partial charge in [0.1, 0.15) is 0 Å². The van der Waals surface area contributed by atoms with E-state index in [1.807, 2.05) is 0 Å². The summed E-state index contributed by atoms with van der Waals surface area (Å²) >= 11 is 0. The van der Waals surface area contributed by atoms with Crippen LogP contribution in [0, 0.1) is 19.3 Å². The van der Waals surface area contributed by atoms with Gasteiger partial charge in [0.15, 0.2) is 0 Å². The molecule has 0 aromatic carbocycles. The molecule has 122 valence electrons. The molecular formula is C17H27N3O2. The summed E-state index contributed by atoms with van der Waals surface area (Å²) in [4.78, 5) is 14.3. The fourth-order valence-corrected chi connectivity index (χ4v) is 3.93. The number of amides is 1. The maximum absolute atomic E-state index is 12.3. The van der Waals surface area contributed by atoms with Crippen molar-refractivity contribution in [3.63, 3.8) is 0 Å². The maximum Gasteiger partial charge on any atom is 0.222 e. The zero-order valence-corrected chi connectivity index (χ0v) is 14.0. The van der Waals surface area contributed by atoms with Crippen LogP contribution in [0.2, 0.25) is 0 Å². The van der Waals surface area contributed by atoms with E-state index < -0.39 is 0 Å². The molecule has 2 saturated heterocycles. The van der Waals surface area contributed by atoms with Gasteiger partial charge in [-0.05, 0) is 45.6 Å². The highest BCUT2D eigenvalue weighted by Gasteiger charge is 2.41. The monoisotopic (exact) mass is 305 g/mol. The number of aryl methyl sites for hydroxylation is 2. The maximum atomic E-state index is 12.3. The Bertz CT molecular complexity index is 558. The Labute approximate surface area is 132 Å². The molecule has 2 fully saturated rings. The smallest absolute Gasteiger partial charge is 0.222 e. The first-order valence-electron chi connectivity index (χ1n) is 8.43. The number of carbonyl (C=O) groups excluding carboxylic acids is 1. The Hall–Kier alpha value is -1.36. The van der Waals surface area contributed by atoms with Gasteiger partial charge in [0.25, 0.3) is 0 Å². The van der Waals surface area contributed by atoms with Gasteiger partial charge in [0, 0.05) is 43.8 Å². The molecule has 3 heterocycles. The molecule has 2 aliphatic heterocycles. The number of ether oxygens (including phenoxy) is 1. The second-order valence-corrected chi connectivity index (χ2v) is 6.83. The minimum absolute atomic E-state index is 0.228. The largest absolute Gasteiger partial charge is 0.381 e. The highest BCUT2D eigenvalue weighted by molar-refractivity contribution is 5.77. The highest BCUT2D eigenvalue weighted by Crippen LogP contribution is 2.38. The minimum atomic E-state index is 0.228. The summed E-state index contributed by atoms with van der Waals surface area (Å²) in [7, 11) is 0. The van der Waals surface area contributed by atoms with Gasteiger partial charge >= 0.3 is 0 Å². The number of piperidine rings is 1. The van der Waals surface area contributed by atoms with Gasteiger partial charge in [-0.2, -0.15) is 5.10 Å². The van der Waals surface area contributed by atoms with Gasteiger partial charge in [0.05, 0.1) is 12.3 Å². The number of aromatic nitrogens is 2. The number of carbonyl (C=O) groups is 1. The van der Waals surface area contributed by atoms with Crippen LogP contribution in [0.1, 0.15) is 43.1 Å². The van der Waals surface area contributed by atoms with Crippen LogP contribution in [-0.4, -0.2) is 46.9 Å². The number of rotatable bonds is 4. The molecule has 1 spiro atoms. The molecule has 1 atom stereocenters. The van der Waals surface area contributed by atoms with E-state index in [2.05, 4.69) is 35.5 Å². The van der Waals surface area contributed by atoms with Crippen LogP contribution in [-0.2, 0) is 22.5 Å². The van der Waals surface area contributed by atoms with Crippen molar-refractivity contribution in [2.45, 2.75) is 53.0 Å². The molecule has 3 rings (SSSR count). The summed E-state index contributed by atoms with van der Waals surface area (Å²) in [6, 6.07) is 0. The van der Waals surface area contributed by atoms with Crippen molar-refractivity contribution < 1.29 is 9.53 Å². The lowest BCUT2D eigenvalue weighted by Gasteiger charge is -2.39. The number of likely N-dealkylation sites (tertiary alicyclic amines) is 1. The zero-order chi connectivity index (χ0) is 15.7. The Balaban J connectivity index is 1.67. The zero-order valence-electron chi connectivity index (χ0n) is 14.0. The molecule has 1 aromatic heterocycles. The first-order valence-corrected chi connectivity index (χ1v) is 8.43. The van der Waals surface area contributed by atoms with Crippen LogP contribution in [0.25, 0.3) is 0 Å². The van der Waals surface area contributed by atoms with E-state index in [0.29, 0.717) is 12.3 Å². The SMILES string of the molecule is CCn1nc(C)c(CCN2C[C@@]3(CCOC3)CCC2=O)c1C. The van der Waals surface area contributed by atoms with Crippen LogP contribution in [0.15, 0.2) is 0 Å². The molecule has 0 N–H and O–H groups in total. The summed E-state index contributed by atoms with van der Waals surface area (Å²) in [6.45, 7) is 10.6. The number of nitrogens with zero attached hydrogens (tertiary/aromatic N) is 3. The van der Waals surface area contributed by atoms with E-state index >= 15 is 0 Å². The van der Waals surface area contributed by atoms with Crippen molar-refractivity contribution in [2.75, 3.05) is 26.3 Å². The van der Waals surface area contributed by atoms with Gasteiger partial charge in [0.2, 0.25) is 5.91 Å². The average Bonchev–Trinajstić information content (AvgIpc) is 3.06. The molecule has 0 bridgehead atoms. The first kappa shape index (κ1) is 15.5. The Morgan fingerprint density at radius 1 is 1.32 bits per heavy atom. The van der Waals surface area contributed by atoms with E-state index in [0.717, 1.165) is 57.8 Å². The fraction of sp³-hybridized carbons (Fsp3) is 0.765. The van der Waals surface area contributed by atoms with E-state index in [1.54, 1.807) is 0 Å². The van der Waals surface area contributed by atoms with Crippen LogP contribution < -0.4 is 0 Å². The van der Waals surface area contributed by atoms with Crippen molar-refractivity contribution in [3.8, 4) is 0 Å². The van der Waals surface area contributed by atoms with Gasteiger partial charge in [-0.1, -0.05) is 0 Å². The highest BCUT2D eigenvalue weighted by atomic mass is 16.5. The van der Waals surface area contributed by atoms with Gasteiger partial charge < -0.3 is 9.64 Å². The molecule has 1 amide bonds. The van der Waals surface area contributed by atoms with Crippen LogP contribution in [0.3, 0.4) is 0 Å². The molecule has 0 saturated carbocycles. The second-order valence-electron chi connectivity index (χ2n) is 6.83. The normalized spacial score (nSPS) is 25.4. The van der Waals surface area contributed by atoms with Crippen molar-refractivity contribution in [3.05, 3.63) is 17.0 Å². The molecule has 5 nitrogen and oxygen atoms in total. The molecule has 1 aromatic rings. The van der Waals surface area contributed by atoms with Crippen molar-refractivity contribution >= 4 is 5.91 Å². The minimum Gasteiger partial charge on any atom is -0.381 e. The van der Waals surface area contributed by atoms with E-state index in [9.17, 15) is 4.79 Å². The summed E-state index contributed by atoms with van der Waals surface area (Å²) < 4.78 is 7.64. The molecule has 22 heavy (non-hydrogen) atoms. The summed E-state index contributed by atoms with van der Waals surface area (Å²) in [5.74, 6) is 0.302. The Kier molecular flexibility index (Phi) is 4.26. The Morgan fingerprint density at radius 2 is 2.14 bits per heavy atom. The predicted octanol–water partition coefficient (Wildman–Crippen LogP) is 2.09. The quantitative estimate of drug-likeness (QED) is 0.856. The second kappa shape index (κ2) is 6.03. The van der Waals surface area contributed by atoms with E-state index in [1.165, 1.54) is 11.3 Å². The van der Waals surface area contributed by atoms with Crippen molar-refractivity contribution in [1.82, 2.24) is 14.7 Å². The average molecular weight is 305 g/mol. The van der Waals surface area contributed by atoms with Gasteiger partial charge in [-0.3, -0.25) is 9.48 Å². The predicted molar refractivity (Wildman–Crippen MR) is 84.8 cm³/mol. The third kappa shape index (κ3) is 2.78. The van der Waals surface area contributed by atoms with Crippen LogP contribution in [0.4, 0.5) is 0 Å². The molecule has 0 aliphatic carbocycles. The van der Waals surface area contributed by atoms with Crippen molar-refractivity contribution in [2.24, 2.45) is 5.41 Å². The van der Waals surface area contributed by atoms with Crippen LogP contribution >= 0.6 is 0 Å². The lowest BCUT2D eigenvalue weighted by Crippen LogP contribution is -2.47. The lowest BCUT2D eigenvalue weighted by atomic mass is 9.79. The number of hydrogen-bond acceptors (Lipinski definition) is 3. The summed E-state index contributed by atoms with van der Waals surface area (Å²) in [5, 5.41) is 4.58. The van der Waals surface area contributed by atoms with E-state index in [-0.39, 0.29) is 5.41 Å². The molecular weight excluding hydrogens is 278 g/mol. The van der Waals surface area contributed by atoms with Gasteiger partial charge in [-0.15, -0.1) is 0 Å². The first-order chi connectivity index (χ1) is 10.5. The van der Waals surface area contributed by atoms with Gasteiger partial charge in [-0.25, -0.2) is 0 Å². The summed E-state index contributed by atoms with van der Waals surface area (Å²) in [5.41, 5.74) is 3.87. The number of hydrogen-bond donors (Lipinski definition) is 0.